The summed E-state index contributed by atoms with van der Waals surface area (Å²) in [6.07, 6.45) is -4.41. The molecule has 110 valence electrons. The van der Waals surface area contributed by atoms with Crippen LogP contribution in [0.2, 0.25) is 0 Å². The molecule has 0 spiro atoms. The molecule has 1 amide bonds. The minimum atomic E-state index is -4.41. The summed E-state index contributed by atoms with van der Waals surface area (Å²) in [6, 6.07) is 11.1. The molecule has 2 aromatic rings. The molecule has 0 fully saturated rings. The number of hydrogen-bond donors (Lipinski definition) is 2. The number of nitrogens with two attached hydrogens (primary N) is 1. The minimum absolute atomic E-state index is 0.164. The van der Waals surface area contributed by atoms with Crippen molar-refractivity contribution in [2.24, 2.45) is 0 Å². The molecule has 3 N–H and O–H groups in total. The fourth-order valence-electron chi connectivity index (χ4n) is 1.78. The summed E-state index contributed by atoms with van der Waals surface area (Å²) in [5, 5.41) is 2.61. The molecule has 0 heterocycles. The molecule has 0 aliphatic carbocycles. The van der Waals surface area contributed by atoms with E-state index in [2.05, 4.69) is 5.32 Å². The number of alkyl halides is 3. The molecule has 0 saturated carbocycles. The van der Waals surface area contributed by atoms with Crippen molar-refractivity contribution >= 4 is 11.6 Å². The Kier molecular flexibility index (Phi) is 4.16. The van der Waals surface area contributed by atoms with Crippen LogP contribution in [0.4, 0.5) is 18.9 Å². The van der Waals surface area contributed by atoms with Crippen LogP contribution in [0.5, 0.6) is 0 Å². The van der Waals surface area contributed by atoms with Crippen molar-refractivity contribution in [3.05, 3.63) is 65.2 Å². The zero-order valence-electron chi connectivity index (χ0n) is 10.9. The molecule has 0 aliphatic rings. The zero-order chi connectivity index (χ0) is 15.5. The first-order valence-electron chi connectivity index (χ1n) is 6.17. The van der Waals surface area contributed by atoms with Crippen LogP contribution in [0.1, 0.15) is 21.5 Å². The second kappa shape index (κ2) is 5.87. The molecule has 3 nitrogen and oxygen atoms in total. The van der Waals surface area contributed by atoms with Crippen LogP contribution in [-0.4, -0.2) is 5.91 Å². The predicted molar refractivity (Wildman–Crippen MR) is 73.5 cm³/mol. The third kappa shape index (κ3) is 3.75. The molecule has 0 aliphatic heterocycles. The number of anilines is 1. The fourth-order valence-corrected chi connectivity index (χ4v) is 1.78. The highest BCUT2D eigenvalue weighted by Gasteiger charge is 2.30. The molecule has 2 aromatic carbocycles. The number of carbonyl (C=O) groups is 1. The van der Waals surface area contributed by atoms with E-state index in [1.807, 2.05) is 0 Å². The first-order chi connectivity index (χ1) is 9.88. The number of benzene rings is 2. The molecule has 0 aromatic heterocycles. The summed E-state index contributed by atoms with van der Waals surface area (Å²) in [5.74, 6) is -0.452. The Morgan fingerprint density at radius 3 is 2.24 bits per heavy atom. The predicted octanol–water partition coefficient (Wildman–Crippen LogP) is 3.22. The van der Waals surface area contributed by atoms with Gasteiger partial charge in [-0.05, 0) is 35.9 Å². The van der Waals surface area contributed by atoms with E-state index >= 15 is 0 Å². The van der Waals surface area contributed by atoms with E-state index in [0.29, 0.717) is 5.69 Å². The second-order valence-corrected chi connectivity index (χ2v) is 4.46. The molecule has 0 radical (unpaired) electrons. The van der Waals surface area contributed by atoms with Gasteiger partial charge in [-0.2, -0.15) is 13.2 Å². The largest absolute Gasteiger partial charge is 0.416 e. The smallest absolute Gasteiger partial charge is 0.398 e. The van der Waals surface area contributed by atoms with E-state index in [1.165, 1.54) is 0 Å². The molecular formula is C15H13F3N2O. The third-order valence-electron chi connectivity index (χ3n) is 2.97. The molecular weight excluding hydrogens is 281 g/mol. The first kappa shape index (κ1) is 14.9. The van der Waals surface area contributed by atoms with Gasteiger partial charge >= 0.3 is 6.18 Å². The van der Waals surface area contributed by atoms with Crippen LogP contribution in [0, 0.1) is 0 Å². The number of amides is 1. The standard InChI is InChI=1S/C15H13F3N2O/c16-15(17,18)12-7-5-10(6-8-12)14(21)20-9-11-3-1-2-4-13(11)19/h1-8H,9,19H2,(H,20,21). The van der Waals surface area contributed by atoms with Gasteiger partial charge in [-0.15, -0.1) is 0 Å². The van der Waals surface area contributed by atoms with Crippen LogP contribution in [0.3, 0.4) is 0 Å². The fraction of sp³-hybridized carbons (Fsp3) is 0.133. The Hall–Kier alpha value is -2.50. The quantitative estimate of drug-likeness (QED) is 0.854. The molecule has 0 atom stereocenters. The number of nitrogens with one attached hydrogen (secondary N) is 1. The molecule has 6 heteroatoms. The van der Waals surface area contributed by atoms with Gasteiger partial charge in [-0.3, -0.25) is 4.79 Å². The van der Waals surface area contributed by atoms with Gasteiger partial charge in [0.1, 0.15) is 0 Å². The number of carbonyl (C=O) groups excluding carboxylic acids is 1. The highest BCUT2D eigenvalue weighted by molar-refractivity contribution is 5.94. The molecule has 0 unspecified atom stereocenters. The molecule has 0 bridgehead atoms. The monoisotopic (exact) mass is 294 g/mol. The third-order valence-corrected chi connectivity index (χ3v) is 2.97. The van der Waals surface area contributed by atoms with Crippen LogP contribution >= 0.6 is 0 Å². The molecule has 2 rings (SSSR count). The van der Waals surface area contributed by atoms with Crippen molar-refractivity contribution in [2.45, 2.75) is 12.7 Å². The average molecular weight is 294 g/mol. The van der Waals surface area contributed by atoms with Crippen molar-refractivity contribution in [3.63, 3.8) is 0 Å². The first-order valence-corrected chi connectivity index (χ1v) is 6.17. The van der Waals surface area contributed by atoms with E-state index in [4.69, 9.17) is 5.73 Å². The Morgan fingerprint density at radius 1 is 1.05 bits per heavy atom. The summed E-state index contributed by atoms with van der Waals surface area (Å²) in [7, 11) is 0. The lowest BCUT2D eigenvalue weighted by atomic mass is 10.1. The van der Waals surface area contributed by atoms with E-state index < -0.39 is 17.6 Å². The number of hydrogen-bond acceptors (Lipinski definition) is 2. The molecule has 0 saturated heterocycles. The SMILES string of the molecule is Nc1ccccc1CNC(=O)c1ccc(C(F)(F)F)cc1. The zero-order valence-corrected chi connectivity index (χ0v) is 10.9. The van der Waals surface area contributed by atoms with Gasteiger partial charge in [0.2, 0.25) is 0 Å². The summed E-state index contributed by atoms with van der Waals surface area (Å²) in [5.41, 5.74) is 6.41. The lowest BCUT2D eigenvalue weighted by Crippen LogP contribution is -2.23. The van der Waals surface area contributed by atoms with Gasteiger partial charge in [-0.25, -0.2) is 0 Å². The Labute approximate surface area is 119 Å². The Bertz CT molecular complexity index is 636. The summed E-state index contributed by atoms with van der Waals surface area (Å²) in [4.78, 5) is 11.9. The maximum absolute atomic E-state index is 12.4. The van der Waals surface area contributed by atoms with Gasteiger partial charge in [0.15, 0.2) is 0 Å². The van der Waals surface area contributed by atoms with Crippen molar-refractivity contribution in [3.8, 4) is 0 Å². The van der Waals surface area contributed by atoms with Crippen molar-refractivity contribution in [1.29, 1.82) is 0 Å². The summed E-state index contributed by atoms with van der Waals surface area (Å²) < 4.78 is 37.3. The molecule has 21 heavy (non-hydrogen) atoms. The van der Waals surface area contributed by atoms with Crippen molar-refractivity contribution in [1.82, 2.24) is 5.32 Å². The highest BCUT2D eigenvalue weighted by Crippen LogP contribution is 2.29. The minimum Gasteiger partial charge on any atom is -0.398 e. The maximum atomic E-state index is 12.4. The number of halogens is 3. The topological polar surface area (TPSA) is 55.1 Å². The normalized spacial score (nSPS) is 11.2. The maximum Gasteiger partial charge on any atom is 0.416 e. The van der Waals surface area contributed by atoms with Crippen LogP contribution in [-0.2, 0) is 12.7 Å². The van der Waals surface area contributed by atoms with E-state index in [0.717, 1.165) is 29.8 Å². The van der Waals surface area contributed by atoms with Gasteiger partial charge in [0.25, 0.3) is 5.91 Å². The number of rotatable bonds is 3. The average Bonchev–Trinajstić information content (AvgIpc) is 2.45. The van der Waals surface area contributed by atoms with E-state index in [-0.39, 0.29) is 12.1 Å². The van der Waals surface area contributed by atoms with Crippen molar-refractivity contribution in [2.75, 3.05) is 5.73 Å². The lowest BCUT2D eigenvalue weighted by Gasteiger charge is -2.09. The second-order valence-electron chi connectivity index (χ2n) is 4.46. The van der Waals surface area contributed by atoms with Crippen LogP contribution in [0.15, 0.2) is 48.5 Å². The van der Waals surface area contributed by atoms with Crippen LogP contribution in [0.25, 0.3) is 0 Å². The lowest BCUT2D eigenvalue weighted by molar-refractivity contribution is -0.137. The van der Waals surface area contributed by atoms with Gasteiger partial charge in [0.05, 0.1) is 5.56 Å². The van der Waals surface area contributed by atoms with Gasteiger partial charge in [-0.1, -0.05) is 18.2 Å². The van der Waals surface area contributed by atoms with E-state index in [1.54, 1.807) is 24.3 Å². The van der Waals surface area contributed by atoms with Crippen molar-refractivity contribution < 1.29 is 18.0 Å². The summed E-state index contributed by atoms with van der Waals surface area (Å²) in [6.45, 7) is 0.215. The van der Waals surface area contributed by atoms with Gasteiger partial charge < -0.3 is 11.1 Å². The number of para-hydroxylation sites is 1. The Morgan fingerprint density at radius 2 is 1.67 bits per heavy atom. The van der Waals surface area contributed by atoms with Gasteiger partial charge in [0, 0.05) is 17.8 Å². The highest BCUT2D eigenvalue weighted by atomic mass is 19.4. The summed E-state index contributed by atoms with van der Waals surface area (Å²) >= 11 is 0. The Balaban J connectivity index is 2.03. The number of nitrogen functional groups attached to an aromatic ring is 1. The van der Waals surface area contributed by atoms with Crippen LogP contribution < -0.4 is 11.1 Å². The van der Waals surface area contributed by atoms with E-state index in [9.17, 15) is 18.0 Å².